The number of ether oxygens (including phenoxy) is 1. The lowest BCUT2D eigenvalue weighted by Gasteiger charge is -2.12. The van der Waals surface area contributed by atoms with Crippen LogP contribution in [-0.4, -0.2) is 15.8 Å². The first-order valence-electron chi connectivity index (χ1n) is 11.0. The van der Waals surface area contributed by atoms with E-state index >= 15 is 0 Å². The van der Waals surface area contributed by atoms with Crippen molar-refractivity contribution in [2.24, 2.45) is 5.10 Å². The summed E-state index contributed by atoms with van der Waals surface area (Å²) < 4.78 is 45.9. The van der Waals surface area contributed by atoms with Crippen molar-refractivity contribution in [1.29, 1.82) is 5.26 Å². The highest BCUT2D eigenvalue weighted by molar-refractivity contribution is 5.82. The second-order valence-electron chi connectivity index (χ2n) is 8.01. The molecule has 0 aliphatic carbocycles. The second-order valence-corrected chi connectivity index (χ2v) is 8.01. The number of hydrogen-bond acceptors (Lipinski definition) is 5. The van der Waals surface area contributed by atoms with Gasteiger partial charge in [0.2, 0.25) is 0 Å². The summed E-state index contributed by atoms with van der Waals surface area (Å²) in [5.41, 5.74) is 6.96. The molecule has 0 spiro atoms. The van der Waals surface area contributed by atoms with Crippen LogP contribution in [0.5, 0.6) is 5.75 Å². The Balaban J connectivity index is 1.43. The molecule has 6 nitrogen and oxygen atoms in total. The lowest BCUT2D eigenvalue weighted by Crippen LogP contribution is -2.05. The third kappa shape index (κ3) is 5.55. The molecule has 0 saturated heterocycles. The van der Waals surface area contributed by atoms with Gasteiger partial charge in [-0.2, -0.15) is 23.5 Å². The van der Waals surface area contributed by atoms with Crippen LogP contribution in [0.25, 0.3) is 5.69 Å². The van der Waals surface area contributed by atoms with E-state index in [1.54, 1.807) is 12.3 Å². The standard InChI is InChI=1S/C27H22F3N5O/c1-18-13-22(15-33-34-26-12-7-23(16-32-26)27(28,29)30)19(2)35(18)24-8-10-25(11-9-24)36-17-21-6-4-3-5-20(21)14-31/h3-13,15-16H,17H2,1-2H3,(H,32,34)/b33-15-. The highest BCUT2D eigenvalue weighted by Crippen LogP contribution is 2.29. The van der Waals surface area contributed by atoms with E-state index in [2.05, 4.69) is 26.1 Å². The number of pyridine rings is 1. The van der Waals surface area contributed by atoms with Crippen LogP contribution < -0.4 is 10.2 Å². The van der Waals surface area contributed by atoms with Crippen molar-refractivity contribution in [2.75, 3.05) is 5.43 Å². The molecule has 4 rings (SSSR count). The first kappa shape index (κ1) is 24.5. The molecule has 0 bridgehead atoms. The van der Waals surface area contributed by atoms with Gasteiger partial charge in [-0.05, 0) is 62.4 Å². The molecule has 0 unspecified atom stereocenters. The number of alkyl halides is 3. The largest absolute Gasteiger partial charge is 0.489 e. The zero-order valence-corrected chi connectivity index (χ0v) is 19.5. The summed E-state index contributed by atoms with van der Waals surface area (Å²) in [5, 5.41) is 13.3. The maximum Gasteiger partial charge on any atom is 0.417 e. The Morgan fingerprint density at radius 3 is 2.50 bits per heavy atom. The molecular formula is C27H22F3N5O. The van der Waals surface area contributed by atoms with Crippen LogP contribution in [0.4, 0.5) is 19.0 Å². The predicted octanol–water partition coefficient (Wildman–Crippen LogP) is 6.40. The van der Waals surface area contributed by atoms with Crippen molar-refractivity contribution in [3.63, 3.8) is 0 Å². The van der Waals surface area contributed by atoms with Gasteiger partial charge >= 0.3 is 6.18 Å². The lowest BCUT2D eigenvalue weighted by atomic mass is 10.1. The molecule has 1 N–H and O–H groups in total. The van der Waals surface area contributed by atoms with E-state index in [4.69, 9.17) is 4.74 Å². The SMILES string of the molecule is Cc1cc(/C=N\Nc2ccc(C(F)(F)F)cn2)c(C)n1-c1ccc(OCc2ccccc2C#N)cc1. The Bertz CT molecular complexity index is 1420. The van der Waals surface area contributed by atoms with Gasteiger partial charge in [0.05, 0.1) is 23.4 Å². The molecular weight excluding hydrogens is 467 g/mol. The number of halogens is 3. The van der Waals surface area contributed by atoms with Gasteiger partial charge < -0.3 is 9.30 Å². The fourth-order valence-electron chi connectivity index (χ4n) is 3.72. The van der Waals surface area contributed by atoms with Crippen LogP contribution in [0.2, 0.25) is 0 Å². The molecule has 0 aliphatic heterocycles. The molecule has 0 atom stereocenters. The number of anilines is 1. The zero-order chi connectivity index (χ0) is 25.7. The summed E-state index contributed by atoms with van der Waals surface area (Å²) in [5.74, 6) is 0.894. The highest BCUT2D eigenvalue weighted by atomic mass is 19.4. The third-order valence-electron chi connectivity index (χ3n) is 5.57. The van der Waals surface area contributed by atoms with Crippen molar-refractivity contribution in [3.8, 4) is 17.5 Å². The first-order chi connectivity index (χ1) is 17.3. The highest BCUT2D eigenvalue weighted by Gasteiger charge is 2.30. The number of aromatic nitrogens is 2. The predicted molar refractivity (Wildman–Crippen MR) is 131 cm³/mol. The monoisotopic (exact) mass is 489 g/mol. The van der Waals surface area contributed by atoms with E-state index in [1.807, 2.05) is 62.4 Å². The minimum absolute atomic E-state index is 0.209. The Kier molecular flexibility index (Phi) is 7.06. The molecule has 2 aromatic carbocycles. The number of rotatable bonds is 7. The number of benzene rings is 2. The summed E-state index contributed by atoms with van der Waals surface area (Å²) in [4.78, 5) is 3.74. The zero-order valence-electron chi connectivity index (χ0n) is 19.5. The number of hydrazone groups is 1. The van der Waals surface area contributed by atoms with Crippen LogP contribution in [-0.2, 0) is 12.8 Å². The Morgan fingerprint density at radius 2 is 1.83 bits per heavy atom. The van der Waals surface area contributed by atoms with Crippen molar-refractivity contribution < 1.29 is 17.9 Å². The molecule has 0 saturated carbocycles. The van der Waals surface area contributed by atoms with Gasteiger partial charge in [-0.3, -0.25) is 5.43 Å². The Morgan fingerprint density at radius 1 is 1.08 bits per heavy atom. The maximum atomic E-state index is 12.7. The molecule has 2 heterocycles. The molecule has 9 heteroatoms. The quantitative estimate of drug-likeness (QED) is 0.241. The van der Waals surface area contributed by atoms with E-state index < -0.39 is 11.7 Å². The van der Waals surface area contributed by atoms with E-state index in [-0.39, 0.29) is 5.82 Å². The Labute approximate surface area is 206 Å². The van der Waals surface area contributed by atoms with Gasteiger partial charge in [-0.1, -0.05) is 18.2 Å². The van der Waals surface area contributed by atoms with Gasteiger partial charge in [-0.15, -0.1) is 0 Å². The second kappa shape index (κ2) is 10.4. The molecule has 2 aromatic heterocycles. The molecule has 0 amide bonds. The molecule has 0 aliphatic rings. The minimum Gasteiger partial charge on any atom is -0.489 e. The molecule has 0 fully saturated rings. The summed E-state index contributed by atoms with van der Waals surface area (Å²) in [6, 6.07) is 21.2. The van der Waals surface area contributed by atoms with Crippen LogP contribution >= 0.6 is 0 Å². The van der Waals surface area contributed by atoms with Gasteiger partial charge in [-0.25, -0.2) is 4.98 Å². The summed E-state index contributed by atoms with van der Waals surface area (Å²) in [7, 11) is 0. The lowest BCUT2D eigenvalue weighted by molar-refractivity contribution is -0.137. The first-order valence-corrected chi connectivity index (χ1v) is 11.0. The number of hydrogen-bond donors (Lipinski definition) is 1. The smallest absolute Gasteiger partial charge is 0.417 e. The third-order valence-corrected chi connectivity index (χ3v) is 5.57. The fraction of sp³-hybridized carbons (Fsp3) is 0.148. The van der Waals surface area contributed by atoms with Crippen molar-refractivity contribution in [2.45, 2.75) is 26.6 Å². The summed E-state index contributed by atoms with van der Waals surface area (Å²) >= 11 is 0. The fourth-order valence-corrected chi connectivity index (χ4v) is 3.72. The number of nitrogens with one attached hydrogen (secondary N) is 1. The Hall–Kier alpha value is -4.58. The van der Waals surface area contributed by atoms with E-state index in [9.17, 15) is 18.4 Å². The number of nitriles is 1. The number of aryl methyl sites for hydroxylation is 1. The molecule has 0 radical (unpaired) electrons. The van der Waals surface area contributed by atoms with Crippen LogP contribution in [0.3, 0.4) is 0 Å². The van der Waals surface area contributed by atoms with Crippen LogP contribution in [0.15, 0.2) is 78.0 Å². The van der Waals surface area contributed by atoms with E-state index in [1.165, 1.54) is 6.07 Å². The average molecular weight is 490 g/mol. The van der Waals surface area contributed by atoms with E-state index in [0.717, 1.165) is 40.5 Å². The van der Waals surface area contributed by atoms with Crippen LogP contribution in [0.1, 0.15) is 33.6 Å². The van der Waals surface area contributed by atoms with Gasteiger partial charge in [0.25, 0.3) is 0 Å². The van der Waals surface area contributed by atoms with E-state index in [0.29, 0.717) is 17.9 Å². The molecule has 182 valence electrons. The average Bonchev–Trinajstić information content (AvgIpc) is 3.15. The van der Waals surface area contributed by atoms with Crippen molar-refractivity contribution in [3.05, 3.63) is 107 Å². The van der Waals surface area contributed by atoms with Gasteiger partial charge in [0, 0.05) is 34.4 Å². The maximum absolute atomic E-state index is 12.7. The summed E-state index contributed by atoms with van der Waals surface area (Å²) in [6.45, 7) is 4.22. The topological polar surface area (TPSA) is 75.2 Å². The number of nitrogens with zero attached hydrogens (tertiary/aromatic N) is 4. The molecule has 36 heavy (non-hydrogen) atoms. The van der Waals surface area contributed by atoms with Crippen LogP contribution in [0, 0.1) is 25.2 Å². The van der Waals surface area contributed by atoms with Gasteiger partial charge in [0.15, 0.2) is 0 Å². The minimum atomic E-state index is -4.43. The van der Waals surface area contributed by atoms with Crippen molar-refractivity contribution >= 4 is 12.0 Å². The normalized spacial score (nSPS) is 11.4. The van der Waals surface area contributed by atoms with Crippen molar-refractivity contribution in [1.82, 2.24) is 9.55 Å². The van der Waals surface area contributed by atoms with Gasteiger partial charge in [0.1, 0.15) is 18.2 Å². The summed E-state index contributed by atoms with van der Waals surface area (Å²) in [6.07, 6.45) is -2.07. The molecule has 4 aromatic rings.